The summed E-state index contributed by atoms with van der Waals surface area (Å²) in [4.78, 5) is 7.05. The highest BCUT2D eigenvalue weighted by Gasteiger charge is 2.38. The minimum atomic E-state index is 0.135. The summed E-state index contributed by atoms with van der Waals surface area (Å²) in [7, 11) is 6.48. The van der Waals surface area contributed by atoms with Gasteiger partial charge in [0.05, 0.1) is 12.2 Å². The summed E-state index contributed by atoms with van der Waals surface area (Å²) in [6.45, 7) is 7.15. The molecule has 0 bridgehead atoms. The lowest BCUT2D eigenvalue weighted by Gasteiger charge is -2.49. The number of hydrogen-bond donors (Lipinski definition) is 1. The SMILES string of the molecule is CCN(C)C1(CN)CN(C)CN(C)C1. The van der Waals surface area contributed by atoms with E-state index >= 15 is 0 Å². The van der Waals surface area contributed by atoms with Crippen LogP contribution in [0.15, 0.2) is 0 Å². The molecular formula is C10H24N4. The minimum Gasteiger partial charge on any atom is -0.329 e. The molecule has 1 fully saturated rings. The van der Waals surface area contributed by atoms with E-state index in [1.165, 1.54) is 0 Å². The van der Waals surface area contributed by atoms with Crippen molar-refractivity contribution in [3.8, 4) is 0 Å². The van der Waals surface area contributed by atoms with Gasteiger partial charge in [0, 0.05) is 19.6 Å². The van der Waals surface area contributed by atoms with E-state index in [2.05, 4.69) is 42.8 Å². The second-order valence-corrected chi connectivity index (χ2v) is 4.61. The monoisotopic (exact) mass is 200 g/mol. The molecule has 84 valence electrons. The molecule has 0 atom stereocenters. The van der Waals surface area contributed by atoms with E-state index in [1.54, 1.807) is 0 Å². The van der Waals surface area contributed by atoms with Crippen LogP contribution >= 0.6 is 0 Å². The van der Waals surface area contributed by atoms with Crippen LogP contribution < -0.4 is 5.73 Å². The maximum atomic E-state index is 5.94. The molecule has 0 unspecified atom stereocenters. The Hall–Kier alpha value is -0.160. The smallest absolute Gasteiger partial charge is 0.0584 e. The van der Waals surface area contributed by atoms with Gasteiger partial charge in [-0.2, -0.15) is 0 Å². The highest BCUT2D eigenvalue weighted by Crippen LogP contribution is 2.19. The Labute approximate surface area is 87.6 Å². The van der Waals surface area contributed by atoms with Crippen molar-refractivity contribution in [2.75, 3.05) is 54.0 Å². The molecule has 0 aliphatic carbocycles. The molecule has 1 aliphatic heterocycles. The van der Waals surface area contributed by atoms with Gasteiger partial charge in [-0.3, -0.25) is 14.7 Å². The van der Waals surface area contributed by atoms with Crippen molar-refractivity contribution in [2.45, 2.75) is 12.5 Å². The van der Waals surface area contributed by atoms with Gasteiger partial charge in [0.15, 0.2) is 0 Å². The summed E-state index contributed by atoms with van der Waals surface area (Å²) in [6.07, 6.45) is 0. The van der Waals surface area contributed by atoms with Crippen LogP contribution in [-0.4, -0.2) is 74.2 Å². The average Bonchev–Trinajstić information content (AvgIpc) is 2.14. The Morgan fingerprint density at radius 3 is 2.14 bits per heavy atom. The summed E-state index contributed by atoms with van der Waals surface area (Å²) < 4.78 is 0. The first-order chi connectivity index (χ1) is 6.54. The van der Waals surface area contributed by atoms with E-state index in [4.69, 9.17) is 5.73 Å². The van der Waals surface area contributed by atoms with E-state index in [1.807, 2.05) is 0 Å². The highest BCUT2D eigenvalue weighted by molar-refractivity contribution is 4.97. The van der Waals surface area contributed by atoms with Crippen LogP contribution in [0.1, 0.15) is 6.92 Å². The maximum absolute atomic E-state index is 5.94. The summed E-state index contributed by atoms with van der Waals surface area (Å²) in [5.74, 6) is 0. The Morgan fingerprint density at radius 2 is 1.79 bits per heavy atom. The van der Waals surface area contributed by atoms with E-state index < -0.39 is 0 Å². The van der Waals surface area contributed by atoms with Gasteiger partial charge < -0.3 is 5.73 Å². The molecule has 4 nitrogen and oxygen atoms in total. The molecule has 1 aliphatic rings. The first-order valence-corrected chi connectivity index (χ1v) is 5.32. The van der Waals surface area contributed by atoms with Gasteiger partial charge >= 0.3 is 0 Å². The number of hydrogen-bond acceptors (Lipinski definition) is 4. The van der Waals surface area contributed by atoms with Gasteiger partial charge in [-0.1, -0.05) is 6.92 Å². The second-order valence-electron chi connectivity index (χ2n) is 4.61. The molecule has 2 N–H and O–H groups in total. The standard InChI is InChI=1S/C10H24N4/c1-5-14(4)10(6-11)7-12(2)9-13(3)8-10/h5-9,11H2,1-4H3. The molecule has 0 spiro atoms. The van der Waals surface area contributed by atoms with Crippen molar-refractivity contribution in [3.05, 3.63) is 0 Å². The molecule has 14 heavy (non-hydrogen) atoms. The Bertz CT molecular complexity index is 173. The van der Waals surface area contributed by atoms with Crippen molar-refractivity contribution in [3.63, 3.8) is 0 Å². The van der Waals surface area contributed by atoms with Gasteiger partial charge in [0.25, 0.3) is 0 Å². The van der Waals surface area contributed by atoms with Crippen molar-refractivity contribution in [1.82, 2.24) is 14.7 Å². The molecular weight excluding hydrogens is 176 g/mol. The lowest BCUT2D eigenvalue weighted by molar-refractivity contribution is -0.00965. The lowest BCUT2D eigenvalue weighted by Crippen LogP contribution is -2.67. The molecule has 0 aromatic rings. The third-order valence-electron chi connectivity index (χ3n) is 3.28. The van der Waals surface area contributed by atoms with Gasteiger partial charge in [0.1, 0.15) is 0 Å². The summed E-state index contributed by atoms with van der Waals surface area (Å²) in [5.41, 5.74) is 6.08. The van der Waals surface area contributed by atoms with E-state index in [9.17, 15) is 0 Å². The highest BCUT2D eigenvalue weighted by atomic mass is 15.4. The predicted molar refractivity (Wildman–Crippen MR) is 60.2 cm³/mol. The zero-order chi connectivity index (χ0) is 10.8. The fourth-order valence-electron chi connectivity index (χ4n) is 2.43. The first kappa shape index (κ1) is 11.9. The minimum absolute atomic E-state index is 0.135. The van der Waals surface area contributed by atoms with Crippen molar-refractivity contribution < 1.29 is 0 Å². The molecule has 1 heterocycles. The fraction of sp³-hybridized carbons (Fsp3) is 1.00. The van der Waals surface area contributed by atoms with Crippen LogP contribution in [0.25, 0.3) is 0 Å². The topological polar surface area (TPSA) is 35.7 Å². The van der Waals surface area contributed by atoms with Gasteiger partial charge in [-0.05, 0) is 27.7 Å². The van der Waals surface area contributed by atoms with Crippen LogP contribution in [0.5, 0.6) is 0 Å². The normalized spacial score (nSPS) is 24.4. The van der Waals surface area contributed by atoms with E-state index in [-0.39, 0.29) is 5.54 Å². The largest absolute Gasteiger partial charge is 0.329 e. The molecule has 0 saturated carbocycles. The third-order valence-corrected chi connectivity index (χ3v) is 3.28. The van der Waals surface area contributed by atoms with Gasteiger partial charge in [0.2, 0.25) is 0 Å². The Kier molecular flexibility index (Phi) is 3.89. The molecule has 0 aromatic heterocycles. The van der Waals surface area contributed by atoms with Crippen molar-refractivity contribution in [2.24, 2.45) is 5.73 Å². The first-order valence-electron chi connectivity index (χ1n) is 5.32. The van der Waals surface area contributed by atoms with Crippen LogP contribution in [0, 0.1) is 0 Å². The molecule has 4 heteroatoms. The maximum Gasteiger partial charge on any atom is 0.0584 e. The average molecular weight is 200 g/mol. The van der Waals surface area contributed by atoms with Crippen molar-refractivity contribution in [1.29, 1.82) is 0 Å². The summed E-state index contributed by atoms with van der Waals surface area (Å²) >= 11 is 0. The molecule has 0 aromatic carbocycles. The molecule has 1 saturated heterocycles. The number of rotatable bonds is 3. The van der Waals surface area contributed by atoms with Crippen molar-refractivity contribution >= 4 is 0 Å². The van der Waals surface area contributed by atoms with E-state index in [0.717, 1.165) is 32.8 Å². The quantitative estimate of drug-likeness (QED) is 0.664. The molecule has 1 rings (SSSR count). The predicted octanol–water partition coefficient (Wildman–Crippen LogP) is -0.530. The molecule has 0 amide bonds. The van der Waals surface area contributed by atoms with Crippen LogP contribution in [0.4, 0.5) is 0 Å². The van der Waals surface area contributed by atoms with Crippen LogP contribution in [0.2, 0.25) is 0 Å². The van der Waals surface area contributed by atoms with Gasteiger partial charge in [-0.25, -0.2) is 0 Å². The van der Waals surface area contributed by atoms with Crippen LogP contribution in [0.3, 0.4) is 0 Å². The zero-order valence-electron chi connectivity index (χ0n) is 9.95. The van der Waals surface area contributed by atoms with Crippen LogP contribution in [-0.2, 0) is 0 Å². The summed E-state index contributed by atoms with van der Waals surface area (Å²) in [5, 5.41) is 0. The Balaban J connectivity index is 2.76. The number of likely N-dealkylation sites (N-methyl/N-ethyl adjacent to an activating group) is 3. The second kappa shape index (κ2) is 4.57. The Morgan fingerprint density at radius 1 is 1.29 bits per heavy atom. The third kappa shape index (κ3) is 2.25. The number of nitrogens with zero attached hydrogens (tertiary/aromatic N) is 3. The van der Waals surface area contributed by atoms with E-state index in [0.29, 0.717) is 0 Å². The molecule has 0 radical (unpaired) electrons. The lowest BCUT2D eigenvalue weighted by atomic mass is 9.94. The summed E-state index contributed by atoms with van der Waals surface area (Å²) in [6, 6.07) is 0. The van der Waals surface area contributed by atoms with Gasteiger partial charge in [-0.15, -0.1) is 0 Å². The fourth-order valence-corrected chi connectivity index (χ4v) is 2.43. The zero-order valence-corrected chi connectivity index (χ0v) is 9.95. The number of nitrogens with two attached hydrogens (primary N) is 1.